The van der Waals surface area contributed by atoms with E-state index in [1.165, 1.54) is 11.3 Å². The number of nitrogens with two attached hydrogens (primary N) is 1. The predicted molar refractivity (Wildman–Crippen MR) is 57.4 cm³/mol. The molecule has 0 spiro atoms. The van der Waals surface area contributed by atoms with Crippen LogP contribution >= 0.6 is 0 Å². The van der Waals surface area contributed by atoms with Crippen LogP contribution in [0.2, 0.25) is 0 Å². The molecule has 76 valence electrons. The van der Waals surface area contributed by atoms with Crippen molar-refractivity contribution in [3.63, 3.8) is 0 Å². The number of para-hydroxylation sites is 1. The molecule has 0 saturated heterocycles. The molecule has 0 unspecified atom stereocenters. The molecule has 3 heteroatoms. The molecule has 0 aromatic heterocycles. The Labute approximate surface area is 84.1 Å². The number of benzene rings is 1. The first-order chi connectivity index (χ1) is 6.81. The van der Waals surface area contributed by atoms with Crippen molar-refractivity contribution in [2.45, 2.75) is 12.5 Å². The van der Waals surface area contributed by atoms with Crippen molar-refractivity contribution in [3.05, 3.63) is 29.8 Å². The smallest absolute Gasteiger partial charge is 0.0836 e. The number of aliphatic hydroxyl groups is 1. The van der Waals surface area contributed by atoms with Gasteiger partial charge in [0.25, 0.3) is 0 Å². The molecule has 1 atom stereocenters. The van der Waals surface area contributed by atoms with Crippen molar-refractivity contribution in [3.8, 4) is 0 Å². The van der Waals surface area contributed by atoms with Crippen LogP contribution < -0.4 is 10.6 Å². The molecule has 0 fully saturated rings. The summed E-state index contributed by atoms with van der Waals surface area (Å²) >= 11 is 0. The number of anilines is 1. The second-order valence-electron chi connectivity index (χ2n) is 3.71. The van der Waals surface area contributed by atoms with E-state index >= 15 is 0 Å². The highest BCUT2D eigenvalue weighted by atomic mass is 16.3. The Morgan fingerprint density at radius 1 is 1.43 bits per heavy atom. The number of aliphatic hydroxyl groups excluding tert-OH is 1. The second kappa shape index (κ2) is 3.98. The van der Waals surface area contributed by atoms with E-state index in [9.17, 15) is 5.11 Å². The van der Waals surface area contributed by atoms with Crippen LogP contribution in [0.15, 0.2) is 24.3 Å². The molecule has 0 saturated carbocycles. The standard InChI is InChI=1S/C11H16N2O/c12-7-10(14)8-13-6-5-9-3-1-2-4-11(9)13/h1-4,10,14H,5-8,12H2/t10-/m1/s1. The third-order valence-electron chi connectivity index (χ3n) is 2.69. The first kappa shape index (κ1) is 9.49. The minimum absolute atomic E-state index is 0.332. The fourth-order valence-electron chi connectivity index (χ4n) is 1.93. The van der Waals surface area contributed by atoms with Gasteiger partial charge >= 0.3 is 0 Å². The topological polar surface area (TPSA) is 49.5 Å². The lowest BCUT2D eigenvalue weighted by Crippen LogP contribution is -2.35. The molecular formula is C11H16N2O. The van der Waals surface area contributed by atoms with Gasteiger partial charge in [-0.1, -0.05) is 18.2 Å². The molecule has 3 N–H and O–H groups in total. The number of hydrogen-bond acceptors (Lipinski definition) is 3. The summed E-state index contributed by atoms with van der Waals surface area (Å²) in [5, 5.41) is 9.48. The summed E-state index contributed by atoms with van der Waals surface area (Å²) in [6.07, 6.45) is 0.661. The van der Waals surface area contributed by atoms with Crippen LogP contribution in [0.3, 0.4) is 0 Å². The van der Waals surface area contributed by atoms with Crippen molar-refractivity contribution in [2.75, 3.05) is 24.5 Å². The minimum Gasteiger partial charge on any atom is -0.390 e. The van der Waals surface area contributed by atoms with Gasteiger partial charge in [0.05, 0.1) is 6.10 Å². The molecule has 2 rings (SSSR count). The third kappa shape index (κ3) is 1.74. The molecule has 0 amide bonds. The Kier molecular flexibility index (Phi) is 2.70. The van der Waals surface area contributed by atoms with E-state index in [0.717, 1.165) is 13.0 Å². The number of fused-ring (bicyclic) bond motifs is 1. The monoisotopic (exact) mass is 192 g/mol. The van der Waals surface area contributed by atoms with E-state index in [1.54, 1.807) is 0 Å². The van der Waals surface area contributed by atoms with Crippen LogP contribution in [0.25, 0.3) is 0 Å². The van der Waals surface area contributed by atoms with E-state index in [0.29, 0.717) is 13.1 Å². The largest absolute Gasteiger partial charge is 0.390 e. The van der Waals surface area contributed by atoms with Gasteiger partial charge in [-0.05, 0) is 18.1 Å². The predicted octanol–water partition coefficient (Wildman–Crippen LogP) is 0.369. The van der Waals surface area contributed by atoms with Gasteiger partial charge < -0.3 is 15.7 Å². The van der Waals surface area contributed by atoms with Gasteiger partial charge in [0.2, 0.25) is 0 Å². The quantitative estimate of drug-likeness (QED) is 0.727. The van der Waals surface area contributed by atoms with Crippen LogP contribution in [0.1, 0.15) is 5.56 Å². The Morgan fingerprint density at radius 2 is 2.21 bits per heavy atom. The fraction of sp³-hybridized carbons (Fsp3) is 0.455. The van der Waals surface area contributed by atoms with Crippen LogP contribution in [0.5, 0.6) is 0 Å². The zero-order chi connectivity index (χ0) is 9.97. The van der Waals surface area contributed by atoms with E-state index in [-0.39, 0.29) is 0 Å². The van der Waals surface area contributed by atoms with Gasteiger partial charge in [0.15, 0.2) is 0 Å². The van der Waals surface area contributed by atoms with Crippen LogP contribution in [0, 0.1) is 0 Å². The molecule has 1 heterocycles. The highest BCUT2D eigenvalue weighted by molar-refractivity contribution is 5.57. The van der Waals surface area contributed by atoms with E-state index in [2.05, 4.69) is 23.1 Å². The lowest BCUT2D eigenvalue weighted by atomic mass is 10.2. The van der Waals surface area contributed by atoms with Crippen LogP contribution in [-0.2, 0) is 6.42 Å². The lowest BCUT2D eigenvalue weighted by Gasteiger charge is -2.21. The lowest BCUT2D eigenvalue weighted by molar-refractivity contribution is 0.188. The molecule has 1 aliphatic rings. The summed E-state index contributed by atoms with van der Waals surface area (Å²) in [7, 11) is 0. The molecule has 1 aliphatic heterocycles. The van der Waals surface area contributed by atoms with Crippen molar-refractivity contribution in [1.82, 2.24) is 0 Å². The fourth-order valence-corrected chi connectivity index (χ4v) is 1.93. The molecular weight excluding hydrogens is 176 g/mol. The molecule has 0 bridgehead atoms. The van der Waals surface area contributed by atoms with Gasteiger partial charge in [-0.15, -0.1) is 0 Å². The van der Waals surface area contributed by atoms with E-state index in [1.807, 2.05) is 6.07 Å². The number of rotatable bonds is 3. The molecule has 3 nitrogen and oxygen atoms in total. The van der Waals surface area contributed by atoms with Gasteiger partial charge in [-0.2, -0.15) is 0 Å². The molecule has 0 aliphatic carbocycles. The minimum atomic E-state index is -0.416. The third-order valence-corrected chi connectivity index (χ3v) is 2.69. The van der Waals surface area contributed by atoms with Crippen LogP contribution in [0.4, 0.5) is 5.69 Å². The number of β-amino-alcohol motifs (C(OH)–C–C–N with tert-alkyl or cyclic N) is 1. The average molecular weight is 192 g/mol. The van der Waals surface area contributed by atoms with E-state index < -0.39 is 6.10 Å². The summed E-state index contributed by atoms with van der Waals surface area (Å²) in [6.45, 7) is 1.97. The van der Waals surface area contributed by atoms with Gasteiger partial charge in [-0.25, -0.2) is 0 Å². The maximum Gasteiger partial charge on any atom is 0.0836 e. The Morgan fingerprint density at radius 3 is 3.00 bits per heavy atom. The maximum atomic E-state index is 9.48. The molecule has 0 radical (unpaired) electrons. The van der Waals surface area contributed by atoms with Crippen molar-refractivity contribution in [2.24, 2.45) is 5.73 Å². The average Bonchev–Trinajstić information content (AvgIpc) is 2.62. The van der Waals surface area contributed by atoms with E-state index in [4.69, 9.17) is 5.73 Å². The zero-order valence-corrected chi connectivity index (χ0v) is 8.19. The zero-order valence-electron chi connectivity index (χ0n) is 8.19. The second-order valence-corrected chi connectivity index (χ2v) is 3.71. The summed E-state index contributed by atoms with van der Waals surface area (Å²) in [5.41, 5.74) is 8.02. The van der Waals surface area contributed by atoms with Crippen LogP contribution in [-0.4, -0.2) is 30.8 Å². The summed E-state index contributed by atoms with van der Waals surface area (Å²) < 4.78 is 0. The Hall–Kier alpha value is -1.06. The molecule has 14 heavy (non-hydrogen) atoms. The Balaban J connectivity index is 2.10. The van der Waals surface area contributed by atoms with Crippen molar-refractivity contribution >= 4 is 5.69 Å². The summed E-state index contributed by atoms with van der Waals surface area (Å²) in [4.78, 5) is 2.20. The van der Waals surface area contributed by atoms with Crippen molar-refractivity contribution < 1.29 is 5.11 Å². The highest BCUT2D eigenvalue weighted by Crippen LogP contribution is 2.27. The van der Waals surface area contributed by atoms with Gasteiger partial charge in [0.1, 0.15) is 0 Å². The summed E-state index contributed by atoms with van der Waals surface area (Å²) in [5.74, 6) is 0. The SMILES string of the molecule is NC[C@@H](O)CN1CCc2ccccc21. The van der Waals surface area contributed by atoms with Gasteiger partial charge in [-0.3, -0.25) is 0 Å². The normalized spacial score (nSPS) is 16.9. The molecule has 1 aromatic carbocycles. The number of hydrogen-bond donors (Lipinski definition) is 2. The Bertz CT molecular complexity index is 314. The summed E-state index contributed by atoms with van der Waals surface area (Å²) in [6, 6.07) is 8.34. The highest BCUT2D eigenvalue weighted by Gasteiger charge is 2.19. The number of nitrogens with zero attached hydrogens (tertiary/aromatic N) is 1. The molecule has 1 aromatic rings. The van der Waals surface area contributed by atoms with Crippen molar-refractivity contribution in [1.29, 1.82) is 0 Å². The maximum absolute atomic E-state index is 9.48. The first-order valence-corrected chi connectivity index (χ1v) is 5.02. The van der Waals surface area contributed by atoms with Gasteiger partial charge in [0, 0.05) is 25.3 Å². The first-order valence-electron chi connectivity index (χ1n) is 5.02.